The molecule has 150 valence electrons. The third kappa shape index (κ3) is 4.02. The molecule has 0 saturated carbocycles. The van der Waals surface area contributed by atoms with Gasteiger partial charge < -0.3 is 18.6 Å². The molecule has 1 amide bonds. The van der Waals surface area contributed by atoms with Gasteiger partial charge in [-0.3, -0.25) is 14.5 Å². The van der Waals surface area contributed by atoms with Gasteiger partial charge in [0.15, 0.2) is 5.82 Å². The largest absolute Gasteiger partial charge is 0.467 e. The topological polar surface area (TPSA) is 80.8 Å². The van der Waals surface area contributed by atoms with E-state index in [9.17, 15) is 9.59 Å². The van der Waals surface area contributed by atoms with Crippen LogP contribution in [0.3, 0.4) is 0 Å². The lowest BCUT2D eigenvalue weighted by molar-refractivity contribution is 0.0313. The Bertz CT molecular complexity index is 837. The van der Waals surface area contributed by atoms with Crippen molar-refractivity contribution in [3.8, 4) is 0 Å². The van der Waals surface area contributed by atoms with Gasteiger partial charge in [0.1, 0.15) is 12.0 Å². The van der Waals surface area contributed by atoms with Crippen LogP contribution in [0.25, 0.3) is 0 Å². The molecule has 1 unspecified atom stereocenters. The van der Waals surface area contributed by atoms with Crippen LogP contribution in [0.5, 0.6) is 0 Å². The Morgan fingerprint density at radius 2 is 2.07 bits per heavy atom. The molecule has 2 aliphatic rings. The molecule has 0 bridgehead atoms. The van der Waals surface area contributed by atoms with Crippen LogP contribution in [0.2, 0.25) is 0 Å². The Hall–Kier alpha value is -2.45. The van der Waals surface area contributed by atoms with Crippen LogP contribution in [0, 0.1) is 5.92 Å². The minimum atomic E-state index is -0.210. The number of nitrogens with zero attached hydrogens (tertiary/aromatic N) is 4. The standard InChI is InChI=1S/C20H26N4O4/c1-22-6-4-21-19(22)18(25)15-3-2-5-24(12-15)20(26)16-11-17(28-14-16)13-23-7-9-27-10-8-23/h4,6,11,14-15H,2-3,5,7-10,12-13H2,1H3. The summed E-state index contributed by atoms with van der Waals surface area (Å²) in [6.07, 6.45) is 6.51. The molecule has 8 heteroatoms. The number of hydrogen-bond acceptors (Lipinski definition) is 6. The van der Waals surface area contributed by atoms with E-state index in [1.807, 2.05) is 13.1 Å². The zero-order chi connectivity index (χ0) is 19.5. The highest BCUT2D eigenvalue weighted by molar-refractivity contribution is 5.97. The van der Waals surface area contributed by atoms with Crippen LogP contribution < -0.4 is 0 Å². The lowest BCUT2D eigenvalue weighted by atomic mass is 9.93. The van der Waals surface area contributed by atoms with Gasteiger partial charge in [0.25, 0.3) is 5.91 Å². The minimum absolute atomic E-state index is 0.00481. The summed E-state index contributed by atoms with van der Waals surface area (Å²) < 4.78 is 12.7. The SMILES string of the molecule is Cn1ccnc1C(=O)C1CCCN(C(=O)c2coc(CN3CCOCC3)c2)C1. The Kier molecular flexibility index (Phi) is 5.59. The van der Waals surface area contributed by atoms with E-state index in [1.165, 1.54) is 6.26 Å². The van der Waals surface area contributed by atoms with E-state index in [2.05, 4.69) is 9.88 Å². The van der Waals surface area contributed by atoms with Crippen LogP contribution in [0.4, 0.5) is 0 Å². The van der Waals surface area contributed by atoms with Gasteiger partial charge in [0.2, 0.25) is 5.78 Å². The quantitative estimate of drug-likeness (QED) is 0.726. The van der Waals surface area contributed by atoms with Gasteiger partial charge in [0, 0.05) is 51.5 Å². The number of ketones is 1. The van der Waals surface area contributed by atoms with Crippen LogP contribution in [-0.2, 0) is 18.3 Å². The predicted molar refractivity (Wildman–Crippen MR) is 101 cm³/mol. The van der Waals surface area contributed by atoms with E-state index in [4.69, 9.17) is 9.15 Å². The second-order valence-electron chi connectivity index (χ2n) is 7.51. The molecule has 4 rings (SSSR count). The van der Waals surface area contributed by atoms with Crippen LogP contribution in [0.15, 0.2) is 29.1 Å². The van der Waals surface area contributed by atoms with E-state index in [1.54, 1.807) is 21.9 Å². The van der Waals surface area contributed by atoms with Crippen molar-refractivity contribution in [1.82, 2.24) is 19.4 Å². The number of aromatic nitrogens is 2. The molecule has 4 heterocycles. The van der Waals surface area contributed by atoms with E-state index >= 15 is 0 Å². The number of imidazole rings is 1. The molecule has 2 fully saturated rings. The molecular weight excluding hydrogens is 360 g/mol. The molecule has 0 aliphatic carbocycles. The third-order valence-corrected chi connectivity index (χ3v) is 5.50. The number of Topliss-reactive ketones (excluding diaryl/α,β-unsaturated/α-hetero) is 1. The molecule has 8 nitrogen and oxygen atoms in total. The molecule has 28 heavy (non-hydrogen) atoms. The van der Waals surface area contributed by atoms with Crippen LogP contribution in [-0.4, -0.2) is 70.4 Å². The summed E-state index contributed by atoms with van der Waals surface area (Å²) in [7, 11) is 1.81. The molecule has 2 aromatic heterocycles. The van der Waals surface area contributed by atoms with Crippen molar-refractivity contribution in [3.63, 3.8) is 0 Å². The van der Waals surface area contributed by atoms with Gasteiger partial charge in [-0.25, -0.2) is 4.98 Å². The highest BCUT2D eigenvalue weighted by Crippen LogP contribution is 2.23. The maximum absolute atomic E-state index is 12.9. The smallest absolute Gasteiger partial charge is 0.257 e. The van der Waals surface area contributed by atoms with Crippen LogP contribution in [0.1, 0.15) is 39.6 Å². The summed E-state index contributed by atoms with van der Waals surface area (Å²) in [4.78, 5) is 33.9. The minimum Gasteiger partial charge on any atom is -0.467 e. The van der Waals surface area contributed by atoms with Gasteiger partial charge in [0.05, 0.1) is 25.3 Å². The van der Waals surface area contributed by atoms with Gasteiger partial charge in [-0.05, 0) is 18.9 Å². The first-order valence-electron chi connectivity index (χ1n) is 9.80. The average molecular weight is 386 g/mol. The molecule has 0 spiro atoms. The number of likely N-dealkylation sites (tertiary alicyclic amines) is 1. The van der Waals surface area contributed by atoms with Crippen LogP contribution >= 0.6 is 0 Å². The number of hydrogen-bond donors (Lipinski definition) is 0. The fourth-order valence-corrected chi connectivity index (χ4v) is 3.90. The Balaban J connectivity index is 1.39. The lowest BCUT2D eigenvalue weighted by Crippen LogP contribution is -2.42. The number of carbonyl (C=O) groups is 2. The first kappa shape index (κ1) is 18.9. The number of rotatable bonds is 5. The molecule has 0 N–H and O–H groups in total. The lowest BCUT2D eigenvalue weighted by Gasteiger charge is -2.31. The van der Waals surface area contributed by atoms with Gasteiger partial charge in [-0.1, -0.05) is 0 Å². The van der Waals surface area contributed by atoms with Gasteiger partial charge in [-0.2, -0.15) is 0 Å². The van der Waals surface area contributed by atoms with Crippen molar-refractivity contribution in [3.05, 3.63) is 41.9 Å². The monoisotopic (exact) mass is 386 g/mol. The molecule has 1 atom stereocenters. The number of carbonyl (C=O) groups excluding carboxylic acids is 2. The number of ether oxygens (including phenoxy) is 1. The highest BCUT2D eigenvalue weighted by atomic mass is 16.5. The molecule has 0 radical (unpaired) electrons. The normalized spacial score (nSPS) is 21.0. The molecule has 2 saturated heterocycles. The Morgan fingerprint density at radius 3 is 2.82 bits per heavy atom. The summed E-state index contributed by atoms with van der Waals surface area (Å²) in [5.74, 6) is 0.955. The molecule has 2 aliphatic heterocycles. The van der Waals surface area contributed by atoms with Crippen molar-refractivity contribution in [2.24, 2.45) is 13.0 Å². The van der Waals surface area contributed by atoms with Gasteiger partial charge in [-0.15, -0.1) is 0 Å². The van der Waals surface area contributed by atoms with E-state index in [0.717, 1.165) is 44.9 Å². The van der Waals surface area contributed by atoms with Crippen molar-refractivity contribution < 1.29 is 18.7 Å². The summed E-state index contributed by atoms with van der Waals surface area (Å²) in [5.41, 5.74) is 0.549. The van der Waals surface area contributed by atoms with Crippen molar-refractivity contribution in [2.75, 3.05) is 39.4 Å². The predicted octanol–water partition coefficient (Wildman–Crippen LogP) is 1.58. The Morgan fingerprint density at radius 1 is 1.25 bits per heavy atom. The van der Waals surface area contributed by atoms with E-state index in [0.29, 0.717) is 31.0 Å². The maximum atomic E-state index is 12.9. The number of aryl methyl sites for hydroxylation is 1. The first-order valence-corrected chi connectivity index (χ1v) is 9.80. The van der Waals surface area contributed by atoms with E-state index < -0.39 is 0 Å². The Labute approximate surface area is 164 Å². The molecular formula is C20H26N4O4. The maximum Gasteiger partial charge on any atom is 0.257 e. The van der Waals surface area contributed by atoms with Crippen molar-refractivity contribution in [2.45, 2.75) is 19.4 Å². The fraction of sp³-hybridized carbons (Fsp3) is 0.550. The zero-order valence-corrected chi connectivity index (χ0v) is 16.2. The fourth-order valence-electron chi connectivity index (χ4n) is 3.90. The number of piperidine rings is 1. The number of amides is 1. The second-order valence-corrected chi connectivity index (χ2v) is 7.51. The summed E-state index contributed by atoms with van der Waals surface area (Å²) in [6.45, 7) is 4.95. The van der Waals surface area contributed by atoms with Crippen molar-refractivity contribution >= 4 is 11.7 Å². The summed E-state index contributed by atoms with van der Waals surface area (Å²) in [5, 5.41) is 0. The number of morpholine rings is 1. The zero-order valence-electron chi connectivity index (χ0n) is 16.2. The van der Waals surface area contributed by atoms with Gasteiger partial charge >= 0.3 is 0 Å². The summed E-state index contributed by atoms with van der Waals surface area (Å²) >= 11 is 0. The molecule has 2 aromatic rings. The highest BCUT2D eigenvalue weighted by Gasteiger charge is 2.31. The second kappa shape index (κ2) is 8.28. The van der Waals surface area contributed by atoms with Crippen molar-refractivity contribution in [1.29, 1.82) is 0 Å². The third-order valence-electron chi connectivity index (χ3n) is 5.50. The number of furan rings is 1. The summed E-state index contributed by atoms with van der Waals surface area (Å²) in [6, 6.07) is 1.82. The molecule has 0 aromatic carbocycles. The first-order chi connectivity index (χ1) is 13.6. The average Bonchev–Trinajstić information content (AvgIpc) is 3.37. The van der Waals surface area contributed by atoms with E-state index in [-0.39, 0.29) is 17.6 Å².